The molecule has 1 aliphatic heterocycles. The average Bonchev–Trinajstić information content (AvgIpc) is 3.31. The summed E-state index contributed by atoms with van der Waals surface area (Å²) < 4.78 is 10.8. The Morgan fingerprint density at radius 1 is 1.38 bits per heavy atom. The number of benzene rings is 1. The predicted molar refractivity (Wildman–Crippen MR) is 109 cm³/mol. The predicted octanol–water partition coefficient (Wildman–Crippen LogP) is 4.06. The molecule has 0 saturated carbocycles. The maximum atomic E-state index is 12.3. The lowest BCUT2D eigenvalue weighted by molar-refractivity contribution is 0.0528. The van der Waals surface area contributed by atoms with Gasteiger partial charge in [0.1, 0.15) is 5.00 Å². The molecule has 1 saturated heterocycles. The van der Waals surface area contributed by atoms with Crippen LogP contribution in [0.1, 0.15) is 30.1 Å². The molecule has 2 heterocycles. The molecule has 0 aliphatic carbocycles. The number of thiophene rings is 1. The maximum Gasteiger partial charge on any atom is 0.341 e. The number of nitrogens with one attached hydrogen (secondary N) is 2. The summed E-state index contributed by atoms with van der Waals surface area (Å²) in [5.74, 6) is -0.352. The Balaban J connectivity index is 1.74. The van der Waals surface area contributed by atoms with Crippen LogP contribution in [0.4, 0.5) is 5.00 Å². The Morgan fingerprint density at radius 3 is 2.88 bits per heavy atom. The molecule has 7 heteroatoms. The normalized spacial score (nSPS) is 16.3. The van der Waals surface area contributed by atoms with E-state index >= 15 is 0 Å². The highest BCUT2D eigenvalue weighted by molar-refractivity contribution is 7.80. The van der Waals surface area contributed by atoms with E-state index in [4.69, 9.17) is 21.7 Å². The van der Waals surface area contributed by atoms with Crippen molar-refractivity contribution in [2.24, 2.45) is 0 Å². The van der Waals surface area contributed by atoms with Crippen molar-refractivity contribution >= 4 is 39.6 Å². The van der Waals surface area contributed by atoms with E-state index in [0.717, 1.165) is 29.9 Å². The van der Waals surface area contributed by atoms with Crippen LogP contribution < -0.4 is 10.6 Å². The number of rotatable bonds is 6. The van der Waals surface area contributed by atoms with Crippen LogP contribution in [-0.4, -0.2) is 36.9 Å². The second kappa shape index (κ2) is 9.12. The van der Waals surface area contributed by atoms with E-state index in [0.29, 0.717) is 28.8 Å². The Morgan fingerprint density at radius 2 is 2.19 bits per heavy atom. The standard InChI is InChI=1S/C19H22N2O3S2/c1-2-23-18(22)15-11-16(13-7-4-3-5-8-13)26-17(15)21-19(25)20-12-14-9-6-10-24-14/h3-5,7-8,11,14H,2,6,9-10,12H2,1H3,(H2,20,21,25)/t14-/m1/s1. The Labute approximate surface area is 162 Å². The lowest BCUT2D eigenvalue weighted by atomic mass is 10.1. The van der Waals surface area contributed by atoms with E-state index in [-0.39, 0.29) is 12.1 Å². The van der Waals surface area contributed by atoms with Crippen LogP contribution in [0.3, 0.4) is 0 Å². The first kappa shape index (κ1) is 18.8. The van der Waals surface area contributed by atoms with Crippen molar-refractivity contribution < 1.29 is 14.3 Å². The second-order valence-electron chi connectivity index (χ2n) is 5.91. The second-order valence-corrected chi connectivity index (χ2v) is 7.37. The highest BCUT2D eigenvalue weighted by Crippen LogP contribution is 2.35. The average molecular weight is 391 g/mol. The summed E-state index contributed by atoms with van der Waals surface area (Å²) in [7, 11) is 0. The molecule has 5 nitrogen and oxygen atoms in total. The van der Waals surface area contributed by atoms with Gasteiger partial charge in [-0.1, -0.05) is 30.3 Å². The van der Waals surface area contributed by atoms with Crippen LogP contribution in [0, 0.1) is 0 Å². The van der Waals surface area contributed by atoms with Gasteiger partial charge in [0.25, 0.3) is 0 Å². The van der Waals surface area contributed by atoms with E-state index in [1.807, 2.05) is 36.4 Å². The van der Waals surface area contributed by atoms with Crippen molar-refractivity contribution in [2.75, 3.05) is 25.1 Å². The first-order valence-corrected chi connectivity index (χ1v) is 9.92. The quantitative estimate of drug-likeness (QED) is 0.573. The van der Waals surface area contributed by atoms with Gasteiger partial charge < -0.3 is 20.1 Å². The fraction of sp³-hybridized carbons (Fsp3) is 0.368. The highest BCUT2D eigenvalue weighted by Gasteiger charge is 2.20. The van der Waals surface area contributed by atoms with Gasteiger partial charge in [-0.25, -0.2) is 4.79 Å². The summed E-state index contributed by atoms with van der Waals surface area (Å²) in [6.45, 7) is 3.60. The van der Waals surface area contributed by atoms with Crippen LogP contribution >= 0.6 is 23.6 Å². The van der Waals surface area contributed by atoms with Gasteiger partial charge in [0, 0.05) is 18.0 Å². The summed E-state index contributed by atoms with van der Waals surface area (Å²) in [5.41, 5.74) is 1.55. The molecule has 1 fully saturated rings. The molecule has 0 unspecified atom stereocenters. The Hall–Kier alpha value is -1.96. The van der Waals surface area contributed by atoms with E-state index in [2.05, 4.69) is 10.6 Å². The number of esters is 1. The molecule has 2 aromatic rings. The summed E-state index contributed by atoms with van der Waals surface area (Å²) in [6.07, 6.45) is 2.33. The third kappa shape index (κ3) is 4.81. The molecule has 26 heavy (non-hydrogen) atoms. The SMILES string of the molecule is CCOC(=O)c1cc(-c2ccccc2)sc1NC(=S)NC[C@H]1CCCO1. The molecule has 0 spiro atoms. The summed E-state index contributed by atoms with van der Waals surface area (Å²) in [4.78, 5) is 13.3. The zero-order chi connectivity index (χ0) is 18.4. The number of ether oxygens (including phenoxy) is 2. The molecule has 0 bridgehead atoms. The van der Waals surface area contributed by atoms with Gasteiger partial charge in [0.2, 0.25) is 0 Å². The third-order valence-corrected chi connectivity index (χ3v) is 5.37. The molecule has 0 amide bonds. The summed E-state index contributed by atoms with van der Waals surface area (Å²) in [6, 6.07) is 11.8. The third-order valence-electron chi connectivity index (χ3n) is 4.03. The van der Waals surface area contributed by atoms with Gasteiger partial charge >= 0.3 is 5.97 Å². The molecule has 3 rings (SSSR count). The smallest absolute Gasteiger partial charge is 0.341 e. The number of hydrogen-bond acceptors (Lipinski definition) is 5. The largest absolute Gasteiger partial charge is 0.462 e. The van der Waals surface area contributed by atoms with Gasteiger partial charge in [-0.05, 0) is 43.6 Å². The maximum absolute atomic E-state index is 12.3. The van der Waals surface area contributed by atoms with Crippen molar-refractivity contribution in [3.05, 3.63) is 42.0 Å². The molecule has 138 valence electrons. The Kier molecular flexibility index (Phi) is 6.60. The molecule has 1 aromatic heterocycles. The first-order chi connectivity index (χ1) is 12.7. The van der Waals surface area contributed by atoms with Crippen LogP contribution in [0.15, 0.2) is 36.4 Å². The zero-order valence-electron chi connectivity index (χ0n) is 14.6. The zero-order valence-corrected chi connectivity index (χ0v) is 16.3. The van der Waals surface area contributed by atoms with E-state index < -0.39 is 0 Å². The minimum absolute atomic E-state index is 0.197. The molecule has 1 atom stereocenters. The monoisotopic (exact) mass is 390 g/mol. The van der Waals surface area contributed by atoms with Gasteiger partial charge in [-0.15, -0.1) is 11.3 Å². The van der Waals surface area contributed by atoms with Crippen molar-refractivity contribution in [1.82, 2.24) is 5.32 Å². The molecule has 2 N–H and O–H groups in total. The Bertz CT molecular complexity index is 755. The summed E-state index contributed by atoms with van der Waals surface area (Å²) in [5, 5.41) is 7.48. The number of hydrogen-bond donors (Lipinski definition) is 2. The fourth-order valence-corrected chi connectivity index (χ4v) is 4.05. The molecule has 1 aromatic carbocycles. The van der Waals surface area contributed by atoms with Crippen molar-refractivity contribution in [3.8, 4) is 10.4 Å². The molecular formula is C19H22N2O3S2. The minimum Gasteiger partial charge on any atom is -0.462 e. The van der Waals surface area contributed by atoms with E-state index in [1.54, 1.807) is 6.92 Å². The number of carbonyl (C=O) groups is 1. The van der Waals surface area contributed by atoms with E-state index in [9.17, 15) is 4.79 Å². The van der Waals surface area contributed by atoms with Crippen molar-refractivity contribution in [1.29, 1.82) is 0 Å². The minimum atomic E-state index is -0.352. The number of carbonyl (C=O) groups excluding carboxylic acids is 1. The lowest BCUT2D eigenvalue weighted by Crippen LogP contribution is -2.34. The van der Waals surface area contributed by atoms with Gasteiger partial charge in [0.15, 0.2) is 5.11 Å². The molecule has 1 aliphatic rings. The van der Waals surface area contributed by atoms with Gasteiger partial charge in [0.05, 0.1) is 18.3 Å². The van der Waals surface area contributed by atoms with Crippen molar-refractivity contribution in [2.45, 2.75) is 25.9 Å². The molecular weight excluding hydrogens is 368 g/mol. The van der Waals surface area contributed by atoms with Gasteiger partial charge in [-0.3, -0.25) is 0 Å². The van der Waals surface area contributed by atoms with Gasteiger partial charge in [-0.2, -0.15) is 0 Å². The number of thiocarbonyl (C=S) groups is 1. The topological polar surface area (TPSA) is 59.6 Å². The summed E-state index contributed by atoms with van der Waals surface area (Å²) >= 11 is 6.87. The lowest BCUT2D eigenvalue weighted by Gasteiger charge is -2.13. The molecule has 0 radical (unpaired) electrons. The van der Waals surface area contributed by atoms with Crippen LogP contribution in [0.25, 0.3) is 10.4 Å². The van der Waals surface area contributed by atoms with Crippen LogP contribution in [0.5, 0.6) is 0 Å². The fourth-order valence-electron chi connectivity index (χ4n) is 2.75. The van der Waals surface area contributed by atoms with Crippen LogP contribution in [0.2, 0.25) is 0 Å². The van der Waals surface area contributed by atoms with E-state index in [1.165, 1.54) is 11.3 Å². The first-order valence-electron chi connectivity index (χ1n) is 8.70. The van der Waals surface area contributed by atoms with Crippen molar-refractivity contribution in [3.63, 3.8) is 0 Å². The highest BCUT2D eigenvalue weighted by atomic mass is 32.1. The number of anilines is 1. The van der Waals surface area contributed by atoms with Crippen LogP contribution in [-0.2, 0) is 9.47 Å².